The molecule has 3 atom stereocenters. The van der Waals surface area contributed by atoms with E-state index in [4.69, 9.17) is 0 Å². The molecule has 2 heterocycles. The summed E-state index contributed by atoms with van der Waals surface area (Å²) in [5, 5.41) is 13.5. The summed E-state index contributed by atoms with van der Waals surface area (Å²) in [7, 11) is 0. The Morgan fingerprint density at radius 1 is 1.36 bits per heavy atom. The molecule has 1 unspecified atom stereocenters. The highest BCUT2D eigenvalue weighted by molar-refractivity contribution is 4.99. The number of hydrogen-bond acceptors (Lipinski definition) is 2. The smallest absolute Gasteiger partial charge is 0.0674 e. The van der Waals surface area contributed by atoms with Crippen LogP contribution in [0.25, 0.3) is 0 Å². The minimum Gasteiger partial charge on any atom is -0.390 e. The Kier molecular flexibility index (Phi) is 1.69. The average Bonchev–Trinajstić information content (AvgIpc) is 2.31. The van der Waals surface area contributed by atoms with Gasteiger partial charge in [-0.25, -0.2) is 0 Å². The topological polar surface area (TPSA) is 32.3 Å². The third kappa shape index (κ3) is 1.30. The molecule has 64 valence electrons. The Balaban J connectivity index is 2.07. The first-order valence-corrected chi connectivity index (χ1v) is 4.70. The summed E-state index contributed by atoms with van der Waals surface area (Å²) >= 11 is 0. The van der Waals surface area contributed by atoms with Gasteiger partial charge in [-0.2, -0.15) is 0 Å². The van der Waals surface area contributed by atoms with E-state index in [1.165, 1.54) is 12.8 Å². The van der Waals surface area contributed by atoms with Gasteiger partial charge in [-0.05, 0) is 32.1 Å². The lowest BCUT2D eigenvalue weighted by Gasteiger charge is -2.36. The van der Waals surface area contributed by atoms with Crippen LogP contribution in [0.15, 0.2) is 0 Å². The van der Waals surface area contributed by atoms with Crippen molar-refractivity contribution in [1.82, 2.24) is 5.32 Å². The Hall–Kier alpha value is -0.0800. The lowest BCUT2D eigenvalue weighted by molar-refractivity contribution is -0.00973. The van der Waals surface area contributed by atoms with E-state index in [2.05, 4.69) is 12.2 Å². The molecule has 2 aliphatic rings. The summed E-state index contributed by atoms with van der Waals surface area (Å²) < 4.78 is 0. The minimum absolute atomic E-state index is 0.336. The summed E-state index contributed by atoms with van der Waals surface area (Å²) in [6.45, 7) is 2.09. The summed E-state index contributed by atoms with van der Waals surface area (Å²) in [6, 6.07) is 1.22. The maximum absolute atomic E-state index is 10.0. The fourth-order valence-electron chi connectivity index (χ4n) is 2.51. The second kappa shape index (κ2) is 2.46. The number of nitrogens with one attached hydrogen (secondary N) is 1. The molecule has 0 spiro atoms. The van der Waals surface area contributed by atoms with Crippen LogP contribution in [0, 0.1) is 0 Å². The second-order valence-electron chi connectivity index (χ2n) is 4.12. The molecule has 2 fully saturated rings. The standard InChI is InChI=1S/C9H17NO/c1-2-9(11)5-7-3-4-8(6-9)10-7/h7-8,10-11H,2-6H2,1H3/t7-,8+,9?. The molecule has 2 aliphatic heterocycles. The zero-order valence-corrected chi connectivity index (χ0v) is 7.14. The predicted octanol–water partition coefficient (Wildman–Crippen LogP) is 1.04. The van der Waals surface area contributed by atoms with Gasteiger partial charge in [-0.1, -0.05) is 6.92 Å². The Bertz CT molecular complexity index is 146. The van der Waals surface area contributed by atoms with Gasteiger partial charge in [0.15, 0.2) is 0 Å². The lowest BCUT2D eigenvalue weighted by Crippen LogP contribution is -2.48. The molecule has 0 radical (unpaired) electrons. The third-order valence-corrected chi connectivity index (χ3v) is 3.25. The van der Waals surface area contributed by atoms with Crippen LogP contribution in [-0.2, 0) is 0 Å². The van der Waals surface area contributed by atoms with Crippen LogP contribution in [0.4, 0.5) is 0 Å². The Labute approximate surface area is 68.0 Å². The van der Waals surface area contributed by atoms with Crippen molar-refractivity contribution in [2.75, 3.05) is 0 Å². The van der Waals surface area contributed by atoms with Crippen LogP contribution in [0.5, 0.6) is 0 Å². The van der Waals surface area contributed by atoms with Crippen molar-refractivity contribution in [3.63, 3.8) is 0 Å². The molecule has 0 aromatic heterocycles. The van der Waals surface area contributed by atoms with E-state index in [1.807, 2.05) is 0 Å². The first-order valence-electron chi connectivity index (χ1n) is 4.70. The van der Waals surface area contributed by atoms with E-state index in [0.717, 1.165) is 19.3 Å². The van der Waals surface area contributed by atoms with Gasteiger partial charge < -0.3 is 10.4 Å². The number of rotatable bonds is 1. The molecule has 2 heteroatoms. The summed E-state index contributed by atoms with van der Waals surface area (Å²) in [5.74, 6) is 0. The van der Waals surface area contributed by atoms with Gasteiger partial charge in [-0.3, -0.25) is 0 Å². The normalized spacial score (nSPS) is 49.6. The fraction of sp³-hybridized carbons (Fsp3) is 1.00. The van der Waals surface area contributed by atoms with Gasteiger partial charge in [0.2, 0.25) is 0 Å². The predicted molar refractivity (Wildman–Crippen MR) is 44.4 cm³/mol. The van der Waals surface area contributed by atoms with Gasteiger partial charge in [0.05, 0.1) is 5.60 Å². The summed E-state index contributed by atoms with van der Waals surface area (Å²) in [6.07, 6.45) is 5.40. The summed E-state index contributed by atoms with van der Waals surface area (Å²) in [4.78, 5) is 0. The maximum atomic E-state index is 10.0. The second-order valence-corrected chi connectivity index (χ2v) is 4.12. The molecular weight excluding hydrogens is 138 g/mol. The Morgan fingerprint density at radius 3 is 2.36 bits per heavy atom. The van der Waals surface area contributed by atoms with Crippen molar-refractivity contribution in [2.45, 2.75) is 56.7 Å². The van der Waals surface area contributed by atoms with Crippen molar-refractivity contribution in [3.8, 4) is 0 Å². The highest BCUT2D eigenvalue weighted by Crippen LogP contribution is 2.35. The number of fused-ring (bicyclic) bond motifs is 2. The highest BCUT2D eigenvalue weighted by atomic mass is 16.3. The molecule has 0 aromatic rings. The molecule has 2 N–H and O–H groups in total. The van der Waals surface area contributed by atoms with Gasteiger partial charge in [0, 0.05) is 12.1 Å². The van der Waals surface area contributed by atoms with E-state index in [-0.39, 0.29) is 5.60 Å². The van der Waals surface area contributed by atoms with Crippen molar-refractivity contribution in [3.05, 3.63) is 0 Å². The third-order valence-electron chi connectivity index (χ3n) is 3.25. The van der Waals surface area contributed by atoms with Crippen molar-refractivity contribution >= 4 is 0 Å². The van der Waals surface area contributed by atoms with Crippen LogP contribution in [0.1, 0.15) is 39.0 Å². The molecule has 0 aromatic carbocycles. The monoisotopic (exact) mass is 155 g/mol. The van der Waals surface area contributed by atoms with E-state index in [9.17, 15) is 5.11 Å². The fourth-order valence-corrected chi connectivity index (χ4v) is 2.51. The molecule has 2 bridgehead atoms. The number of piperidine rings is 1. The van der Waals surface area contributed by atoms with Crippen LogP contribution >= 0.6 is 0 Å². The molecule has 0 aliphatic carbocycles. The maximum Gasteiger partial charge on any atom is 0.0674 e. The van der Waals surface area contributed by atoms with Gasteiger partial charge in [0.25, 0.3) is 0 Å². The number of hydrogen-bond donors (Lipinski definition) is 2. The van der Waals surface area contributed by atoms with Crippen molar-refractivity contribution < 1.29 is 5.11 Å². The quantitative estimate of drug-likeness (QED) is 0.593. The number of aliphatic hydroxyl groups is 1. The van der Waals surface area contributed by atoms with Crippen molar-refractivity contribution in [2.24, 2.45) is 0 Å². The lowest BCUT2D eigenvalue weighted by atomic mass is 9.85. The highest BCUT2D eigenvalue weighted by Gasteiger charge is 2.40. The zero-order valence-electron chi connectivity index (χ0n) is 7.14. The first kappa shape index (κ1) is 7.56. The van der Waals surface area contributed by atoms with Gasteiger partial charge in [0.1, 0.15) is 0 Å². The van der Waals surface area contributed by atoms with E-state index >= 15 is 0 Å². The molecule has 11 heavy (non-hydrogen) atoms. The van der Waals surface area contributed by atoms with E-state index in [1.54, 1.807) is 0 Å². The van der Waals surface area contributed by atoms with E-state index < -0.39 is 0 Å². The van der Waals surface area contributed by atoms with E-state index in [0.29, 0.717) is 12.1 Å². The molecule has 0 saturated carbocycles. The van der Waals surface area contributed by atoms with Crippen LogP contribution in [0.2, 0.25) is 0 Å². The van der Waals surface area contributed by atoms with Crippen LogP contribution in [0.3, 0.4) is 0 Å². The summed E-state index contributed by atoms with van der Waals surface area (Å²) in [5.41, 5.74) is -0.336. The molecular formula is C9H17NO. The van der Waals surface area contributed by atoms with Crippen molar-refractivity contribution in [1.29, 1.82) is 0 Å². The van der Waals surface area contributed by atoms with Gasteiger partial charge >= 0.3 is 0 Å². The molecule has 0 amide bonds. The first-order chi connectivity index (χ1) is 5.22. The van der Waals surface area contributed by atoms with Gasteiger partial charge in [-0.15, -0.1) is 0 Å². The SMILES string of the molecule is CCC1(O)C[C@H]2CC[C@@H](C1)N2. The average molecular weight is 155 g/mol. The molecule has 2 rings (SSSR count). The largest absolute Gasteiger partial charge is 0.390 e. The Morgan fingerprint density at radius 2 is 1.91 bits per heavy atom. The van der Waals surface area contributed by atoms with Crippen LogP contribution in [-0.4, -0.2) is 22.8 Å². The molecule has 2 saturated heterocycles. The minimum atomic E-state index is -0.336. The zero-order chi connectivity index (χ0) is 7.90. The van der Waals surface area contributed by atoms with Crippen LogP contribution < -0.4 is 5.32 Å². The molecule has 2 nitrogen and oxygen atoms in total.